The molecule has 3 heteroatoms. The average Bonchev–Trinajstić information content (AvgIpc) is 2.34. The van der Waals surface area contributed by atoms with Crippen LogP contribution in [0.3, 0.4) is 0 Å². The highest BCUT2D eigenvalue weighted by Gasteiger charge is 2.04. The van der Waals surface area contributed by atoms with Gasteiger partial charge in [-0.1, -0.05) is 30.3 Å². The number of nitrogens with zero attached hydrogens (tertiary/aromatic N) is 2. The second-order valence-electron chi connectivity index (χ2n) is 3.66. The van der Waals surface area contributed by atoms with E-state index < -0.39 is 0 Å². The summed E-state index contributed by atoms with van der Waals surface area (Å²) in [6.07, 6.45) is 0.566. The van der Waals surface area contributed by atoms with Crippen LogP contribution in [0.15, 0.2) is 30.3 Å². The van der Waals surface area contributed by atoms with Crippen molar-refractivity contribution < 1.29 is 4.74 Å². The van der Waals surface area contributed by atoms with Crippen molar-refractivity contribution in [3.8, 4) is 6.07 Å². The fourth-order valence-corrected chi connectivity index (χ4v) is 1.54. The highest BCUT2D eigenvalue weighted by atomic mass is 16.5. The zero-order valence-electron chi connectivity index (χ0n) is 9.72. The SMILES string of the molecule is COCCN(CCC#N)Cc1ccccc1. The van der Waals surface area contributed by atoms with Crippen LogP contribution in [-0.2, 0) is 11.3 Å². The minimum Gasteiger partial charge on any atom is -0.383 e. The molecule has 0 saturated carbocycles. The topological polar surface area (TPSA) is 36.3 Å². The maximum absolute atomic E-state index is 8.60. The first-order chi connectivity index (χ1) is 7.86. The smallest absolute Gasteiger partial charge is 0.0635 e. The molecule has 16 heavy (non-hydrogen) atoms. The summed E-state index contributed by atoms with van der Waals surface area (Å²) in [6, 6.07) is 12.5. The van der Waals surface area contributed by atoms with E-state index in [-0.39, 0.29) is 0 Å². The Balaban J connectivity index is 2.46. The van der Waals surface area contributed by atoms with Crippen molar-refractivity contribution in [2.75, 3.05) is 26.8 Å². The largest absolute Gasteiger partial charge is 0.383 e. The minimum atomic E-state index is 0.566. The second kappa shape index (κ2) is 7.86. The zero-order chi connectivity index (χ0) is 11.6. The van der Waals surface area contributed by atoms with Crippen molar-refractivity contribution in [2.45, 2.75) is 13.0 Å². The van der Waals surface area contributed by atoms with Gasteiger partial charge in [-0.25, -0.2) is 0 Å². The Kier molecular flexibility index (Phi) is 6.24. The third-order valence-corrected chi connectivity index (χ3v) is 2.40. The van der Waals surface area contributed by atoms with E-state index in [0.717, 1.165) is 19.6 Å². The van der Waals surface area contributed by atoms with Crippen LogP contribution >= 0.6 is 0 Å². The van der Waals surface area contributed by atoms with Gasteiger partial charge in [0.2, 0.25) is 0 Å². The van der Waals surface area contributed by atoms with Crippen molar-refractivity contribution in [3.63, 3.8) is 0 Å². The van der Waals surface area contributed by atoms with E-state index in [9.17, 15) is 0 Å². The van der Waals surface area contributed by atoms with Gasteiger partial charge in [0.15, 0.2) is 0 Å². The third-order valence-electron chi connectivity index (χ3n) is 2.40. The van der Waals surface area contributed by atoms with Gasteiger partial charge in [-0.15, -0.1) is 0 Å². The van der Waals surface area contributed by atoms with Crippen LogP contribution in [0.25, 0.3) is 0 Å². The van der Waals surface area contributed by atoms with Crippen LogP contribution < -0.4 is 0 Å². The predicted octanol–water partition coefficient (Wildman–Crippen LogP) is 2.05. The first-order valence-corrected chi connectivity index (χ1v) is 5.49. The Bertz CT molecular complexity index is 318. The molecule has 86 valence electrons. The fourth-order valence-electron chi connectivity index (χ4n) is 1.54. The molecule has 0 aliphatic heterocycles. The quantitative estimate of drug-likeness (QED) is 0.702. The minimum absolute atomic E-state index is 0.566. The maximum Gasteiger partial charge on any atom is 0.0635 e. The van der Waals surface area contributed by atoms with Gasteiger partial charge < -0.3 is 4.74 Å². The molecular formula is C13H18N2O. The Hall–Kier alpha value is -1.37. The van der Waals surface area contributed by atoms with Crippen LogP contribution in [0.2, 0.25) is 0 Å². The first kappa shape index (κ1) is 12.7. The molecule has 3 nitrogen and oxygen atoms in total. The van der Waals surface area contributed by atoms with Crippen molar-refractivity contribution in [1.82, 2.24) is 4.90 Å². The molecule has 0 N–H and O–H groups in total. The molecule has 0 aliphatic rings. The monoisotopic (exact) mass is 218 g/mol. The Morgan fingerprint density at radius 3 is 2.62 bits per heavy atom. The van der Waals surface area contributed by atoms with Gasteiger partial charge in [-0.2, -0.15) is 5.26 Å². The van der Waals surface area contributed by atoms with E-state index in [2.05, 4.69) is 23.1 Å². The summed E-state index contributed by atoms with van der Waals surface area (Å²) < 4.78 is 5.07. The van der Waals surface area contributed by atoms with Crippen LogP contribution in [0.4, 0.5) is 0 Å². The summed E-state index contributed by atoms with van der Waals surface area (Å²) in [7, 11) is 1.70. The van der Waals surface area contributed by atoms with Crippen LogP contribution in [-0.4, -0.2) is 31.7 Å². The van der Waals surface area contributed by atoms with Crippen molar-refractivity contribution in [3.05, 3.63) is 35.9 Å². The lowest BCUT2D eigenvalue weighted by molar-refractivity contribution is 0.145. The summed E-state index contributed by atoms with van der Waals surface area (Å²) in [6.45, 7) is 3.26. The van der Waals surface area contributed by atoms with Gasteiger partial charge in [-0.3, -0.25) is 4.90 Å². The Morgan fingerprint density at radius 1 is 1.25 bits per heavy atom. The molecule has 0 amide bonds. The summed E-state index contributed by atoms with van der Waals surface area (Å²) >= 11 is 0. The molecule has 0 unspecified atom stereocenters. The lowest BCUT2D eigenvalue weighted by atomic mass is 10.2. The predicted molar refractivity (Wildman–Crippen MR) is 63.8 cm³/mol. The zero-order valence-corrected chi connectivity index (χ0v) is 9.72. The van der Waals surface area contributed by atoms with E-state index in [1.165, 1.54) is 5.56 Å². The van der Waals surface area contributed by atoms with Crippen LogP contribution in [0.1, 0.15) is 12.0 Å². The van der Waals surface area contributed by atoms with Gasteiger partial charge in [0.05, 0.1) is 12.7 Å². The Morgan fingerprint density at radius 2 is 2.00 bits per heavy atom. The first-order valence-electron chi connectivity index (χ1n) is 5.49. The maximum atomic E-state index is 8.60. The molecule has 0 radical (unpaired) electrons. The van der Waals surface area contributed by atoms with E-state index in [0.29, 0.717) is 13.0 Å². The molecule has 0 heterocycles. The van der Waals surface area contributed by atoms with E-state index in [1.807, 2.05) is 18.2 Å². The van der Waals surface area contributed by atoms with Crippen molar-refractivity contribution in [1.29, 1.82) is 5.26 Å². The molecule has 0 fully saturated rings. The number of hydrogen-bond acceptors (Lipinski definition) is 3. The standard InChI is InChI=1S/C13H18N2O/c1-16-11-10-15(9-5-8-14)12-13-6-3-2-4-7-13/h2-4,6-7H,5,9-12H2,1H3. The lowest BCUT2D eigenvalue weighted by Gasteiger charge is -2.20. The summed E-state index contributed by atoms with van der Waals surface area (Å²) in [5.41, 5.74) is 1.27. The molecular weight excluding hydrogens is 200 g/mol. The van der Waals surface area contributed by atoms with Crippen LogP contribution in [0, 0.1) is 11.3 Å². The number of methoxy groups -OCH3 is 1. The van der Waals surface area contributed by atoms with E-state index in [4.69, 9.17) is 10.00 Å². The average molecular weight is 218 g/mol. The number of ether oxygens (including phenoxy) is 1. The molecule has 0 saturated heterocycles. The van der Waals surface area contributed by atoms with Gasteiger partial charge in [0.1, 0.15) is 0 Å². The molecule has 0 spiro atoms. The summed E-state index contributed by atoms with van der Waals surface area (Å²) in [4.78, 5) is 2.24. The normalized spacial score (nSPS) is 10.3. The highest BCUT2D eigenvalue weighted by molar-refractivity contribution is 5.14. The number of rotatable bonds is 7. The van der Waals surface area contributed by atoms with Gasteiger partial charge in [0.25, 0.3) is 0 Å². The highest BCUT2D eigenvalue weighted by Crippen LogP contribution is 2.04. The van der Waals surface area contributed by atoms with Gasteiger partial charge in [-0.05, 0) is 5.56 Å². The molecule has 1 rings (SSSR count). The summed E-state index contributed by atoms with van der Waals surface area (Å²) in [5.74, 6) is 0. The molecule has 0 aromatic heterocycles. The summed E-state index contributed by atoms with van der Waals surface area (Å²) in [5, 5.41) is 8.60. The molecule has 1 aromatic carbocycles. The van der Waals surface area contributed by atoms with Crippen molar-refractivity contribution in [2.24, 2.45) is 0 Å². The number of nitriles is 1. The van der Waals surface area contributed by atoms with Gasteiger partial charge in [0, 0.05) is 33.2 Å². The number of benzene rings is 1. The van der Waals surface area contributed by atoms with Crippen LogP contribution in [0.5, 0.6) is 0 Å². The molecule has 0 atom stereocenters. The van der Waals surface area contributed by atoms with Gasteiger partial charge >= 0.3 is 0 Å². The fraction of sp³-hybridized carbons (Fsp3) is 0.462. The molecule has 1 aromatic rings. The lowest BCUT2D eigenvalue weighted by Crippen LogP contribution is -2.27. The third kappa shape index (κ3) is 4.92. The second-order valence-corrected chi connectivity index (χ2v) is 3.66. The van der Waals surface area contributed by atoms with Crippen molar-refractivity contribution >= 4 is 0 Å². The van der Waals surface area contributed by atoms with E-state index in [1.54, 1.807) is 7.11 Å². The Labute approximate surface area is 97.3 Å². The molecule has 0 bridgehead atoms. The van der Waals surface area contributed by atoms with E-state index >= 15 is 0 Å². The molecule has 0 aliphatic carbocycles. The number of hydrogen-bond donors (Lipinski definition) is 0.